The van der Waals surface area contributed by atoms with Crippen molar-refractivity contribution in [2.45, 2.75) is 92.2 Å². The van der Waals surface area contributed by atoms with E-state index in [2.05, 4.69) is 27.7 Å². The SMILES string of the molecule is CCCCCc1ccc(-c2cc3ccc(OCCCC(C)(C)CC(C)(C)CCO)cc3oc2=O)c(C(F)(F)F)c1. The highest BCUT2D eigenvalue weighted by molar-refractivity contribution is 5.83. The molecule has 0 atom stereocenters. The second-order valence-electron chi connectivity index (χ2n) is 12.4. The smallest absolute Gasteiger partial charge is 0.417 e. The molecule has 1 aromatic heterocycles. The fourth-order valence-corrected chi connectivity index (χ4v) is 5.68. The third-order valence-electron chi connectivity index (χ3n) is 7.47. The number of aryl methyl sites for hydroxylation is 1. The van der Waals surface area contributed by atoms with Crippen molar-refractivity contribution >= 4 is 11.0 Å². The minimum absolute atomic E-state index is 0.0609. The molecule has 2 aromatic carbocycles. The average Bonchev–Trinajstić information content (AvgIpc) is 2.85. The van der Waals surface area contributed by atoms with Crippen LogP contribution >= 0.6 is 0 Å². The maximum absolute atomic E-state index is 14.0. The Morgan fingerprint density at radius 3 is 2.27 bits per heavy atom. The second kappa shape index (κ2) is 13.2. The van der Waals surface area contributed by atoms with Crippen molar-refractivity contribution in [3.63, 3.8) is 0 Å². The number of fused-ring (bicyclic) bond motifs is 1. The van der Waals surface area contributed by atoms with E-state index < -0.39 is 17.4 Å². The monoisotopic (exact) mass is 560 g/mol. The molecular weight excluding hydrogens is 517 g/mol. The molecule has 3 rings (SSSR count). The van der Waals surface area contributed by atoms with E-state index in [0.717, 1.165) is 51.0 Å². The first-order valence-corrected chi connectivity index (χ1v) is 14.3. The quantitative estimate of drug-likeness (QED) is 0.158. The molecule has 0 amide bonds. The zero-order valence-corrected chi connectivity index (χ0v) is 24.4. The molecule has 0 saturated carbocycles. The summed E-state index contributed by atoms with van der Waals surface area (Å²) >= 11 is 0. The lowest BCUT2D eigenvalue weighted by molar-refractivity contribution is -0.137. The third kappa shape index (κ3) is 8.85. The molecule has 0 aliphatic rings. The van der Waals surface area contributed by atoms with E-state index in [1.54, 1.807) is 24.3 Å². The van der Waals surface area contributed by atoms with Gasteiger partial charge in [-0.2, -0.15) is 13.2 Å². The van der Waals surface area contributed by atoms with Gasteiger partial charge in [-0.3, -0.25) is 0 Å². The van der Waals surface area contributed by atoms with Crippen molar-refractivity contribution in [2.75, 3.05) is 13.2 Å². The van der Waals surface area contributed by atoms with E-state index in [4.69, 9.17) is 9.15 Å². The highest BCUT2D eigenvalue weighted by atomic mass is 19.4. The maximum Gasteiger partial charge on any atom is 0.417 e. The summed E-state index contributed by atoms with van der Waals surface area (Å²) in [6, 6.07) is 10.7. The first-order chi connectivity index (χ1) is 18.7. The van der Waals surface area contributed by atoms with Gasteiger partial charge in [-0.05, 0) is 79.2 Å². The molecule has 0 aliphatic heterocycles. The molecular formula is C33H43F3O4. The van der Waals surface area contributed by atoms with Crippen LogP contribution in [0.3, 0.4) is 0 Å². The number of rotatable bonds is 14. The predicted molar refractivity (Wildman–Crippen MR) is 155 cm³/mol. The molecule has 0 unspecified atom stereocenters. The second-order valence-corrected chi connectivity index (χ2v) is 12.4. The van der Waals surface area contributed by atoms with Crippen LogP contribution < -0.4 is 10.4 Å². The Labute approximate surface area is 235 Å². The molecule has 0 aliphatic carbocycles. The van der Waals surface area contributed by atoms with Gasteiger partial charge in [0.2, 0.25) is 0 Å². The zero-order chi connectivity index (χ0) is 29.6. The molecule has 220 valence electrons. The molecule has 1 heterocycles. The van der Waals surface area contributed by atoms with Gasteiger partial charge >= 0.3 is 11.8 Å². The zero-order valence-electron chi connectivity index (χ0n) is 24.4. The van der Waals surface area contributed by atoms with Crippen molar-refractivity contribution in [3.8, 4) is 16.9 Å². The molecule has 0 bridgehead atoms. The summed E-state index contributed by atoms with van der Waals surface area (Å²) in [4.78, 5) is 12.9. The number of hydrogen-bond acceptors (Lipinski definition) is 4. The minimum atomic E-state index is -4.60. The van der Waals surface area contributed by atoms with E-state index in [0.29, 0.717) is 29.7 Å². The van der Waals surface area contributed by atoms with E-state index >= 15 is 0 Å². The molecule has 1 N–H and O–H groups in total. The average molecular weight is 561 g/mol. The lowest BCUT2D eigenvalue weighted by Crippen LogP contribution is -2.24. The van der Waals surface area contributed by atoms with Gasteiger partial charge < -0.3 is 14.3 Å². The van der Waals surface area contributed by atoms with Crippen LogP contribution in [0.5, 0.6) is 5.75 Å². The van der Waals surface area contributed by atoms with Gasteiger partial charge in [0, 0.05) is 23.6 Å². The summed E-state index contributed by atoms with van der Waals surface area (Å²) < 4.78 is 53.3. The predicted octanol–water partition coefficient (Wildman–Crippen LogP) is 9.20. The number of halogens is 3. The molecule has 7 heteroatoms. The van der Waals surface area contributed by atoms with Crippen molar-refractivity contribution < 1.29 is 27.4 Å². The number of benzene rings is 2. The first kappa shape index (κ1) is 31.7. The number of ether oxygens (including phenoxy) is 1. The Hall–Kier alpha value is -2.80. The number of aliphatic hydroxyl groups is 1. The van der Waals surface area contributed by atoms with E-state index in [9.17, 15) is 23.1 Å². The Bertz CT molecular complexity index is 1320. The Kier molecular flexibility index (Phi) is 10.5. The molecule has 0 saturated heterocycles. The minimum Gasteiger partial charge on any atom is -0.493 e. The molecule has 0 spiro atoms. The Morgan fingerprint density at radius 2 is 1.60 bits per heavy atom. The van der Waals surface area contributed by atoms with E-state index in [-0.39, 0.29) is 34.1 Å². The molecule has 0 fully saturated rings. The third-order valence-corrected chi connectivity index (χ3v) is 7.47. The fraction of sp³-hybridized carbons (Fsp3) is 0.545. The van der Waals surface area contributed by atoms with Crippen LogP contribution in [-0.2, 0) is 12.6 Å². The van der Waals surface area contributed by atoms with Gasteiger partial charge in [0.25, 0.3) is 0 Å². The molecule has 0 radical (unpaired) electrons. The summed E-state index contributed by atoms with van der Waals surface area (Å²) in [5, 5.41) is 9.82. The number of hydrogen-bond donors (Lipinski definition) is 1. The fourth-order valence-electron chi connectivity index (χ4n) is 5.68. The standard InChI is InChI=1S/C33H43F3O4/c1-6-7-8-10-23-11-14-26(28(19-23)33(34,35)36)27-20-24-12-13-25(21-29(24)40-30(27)38)39-18-9-15-31(2,3)22-32(4,5)16-17-37/h11-14,19-21,37H,6-10,15-18,22H2,1-5H3. The van der Waals surface area contributed by atoms with Crippen LogP contribution in [0.15, 0.2) is 51.7 Å². The van der Waals surface area contributed by atoms with Gasteiger partial charge in [-0.25, -0.2) is 4.79 Å². The van der Waals surface area contributed by atoms with Gasteiger partial charge in [-0.15, -0.1) is 0 Å². The molecule has 4 nitrogen and oxygen atoms in total. The van der Waals surface area contributed by atoms with Gasteiger partial charge in [0.15, 0.2) is 0 Å². The summed E-state index contributed by atoms with van der Waals surface area (Å²) in [6.45, 7) is 11.5. The Balaban J connectivity index is 1.75. The molecule has 40 heavy (non-hydrogen) atoms. The van der Waals surface area contributed by atoms with Crippen LogP contribution in [0.1, 0.15) is 90.7 Å². The van der Waals surface area contributed by atoms with E-state index in [1.165, 1.54) is 12.1 Å². The molecule has 3 aromatic rings. The highest BCUT2D eigenvalue weighted by Crippen LogP contribution is 2.40. The largest absolute Gasteiger partial charge is 0.493 e. The van der Waals surface area contributed by atoms with Crippen molar-refractivity contribution in [1.82, 2.24) is 0 Å². The van der Waals surface area contributed by atoms with Crippen molar-refractivity contribution in [2.24, 2.45) is 10.8 Å². The maximum atomic E-state index is 14.0. The van der Waals surface area contributed by atoms with Crippen molar-refractivity contribution in [1.29, 1.82) is 0 Å². The normalized spacial score (nSPS) is 12.7. The van der Waals surface area contributed by atoms with Crippen LogP contribution in [0.2, 0.25) is 0 Å². The highest BCUT2D eigenvalue weighted by Gasteiger charge is 2.35. The summed E-state index contributed by atoms with van der Waals surface area (Å²) in [6.07, 6.45) is 2.24. The van der Waals surface area contributed by atoms with Crippen LogP contribution in [0.4, 0.5) is 13.2 Å². The summed E-state index contributed by atoms with van der Waals surface area (Å²) in [5.74, 6) is 0.536. The van der Waals surface area contributed by atoms with E-state index in [1.807, 2.05) is 6.92 Å². The van der Waals surface area contributed by atoms with Crippen molar-refractivity contribution in [3.05, 3.63) is 64.0 Å². The Morgan fingerprint density at radius 1 is 0.875 bits per heavy atom. The first-order valence-electron chi connectivity index (χ1n) is 14.3. The lowest BCUT2D eigenvalue weighted by Gasteiger charge is -2.34. The van der Waals surface area contributed by atoms with Crippen LogP contribution in [-0.4, -0.2) is 18.3 Å². The summed E-state index contributed by atoms with van der Waals surface area (Å²) in [7, 11) is 0. The van der Waals surface area contributed by atoms with Gasteiger partial charge in [0.05, 0.1) is 17.7 Å². The summed E-state index contributed by atoms with van der Waals surface area (Å²) in [5.41, 5.74) is -0.900. The number of aliphatic hydroxyl groups excluding tert-OH is 1. The topological polar surface area (TPSA) is 59.7 Å². The number of unbranched alkanes of at least 4 members (excludes halogenated alkanes) is 2. The van der Waals surface area contributed by atoms with Crippen LogP contribution in [0, 0.1) is 10.8 Å². The number of alkyl halides is 3. The van der Waals surface area contributed by atoms with Gasteiger partial charge in [-0.1, -0.05) is 59.6 Å². The lowest BCUT2D eigenvalue weighted by atomic mass is 9.71. The van der Waals surface area contributed by atoms with Gasteiger partial charge in [0.1, 0.15) is 11.3 Å². The van der Waals surface area contributed by atoms with Crippen LogP contribution in [0.25, 0.3) is 22.1 Å².